The molecule has 4 nitrogen and oxygen atoms in total. The van der Waals surface area contributed by atoms with Gasteiger partial charge in [-0.15, -0.1) is 0 Å². The Morgan fingerprint density at radius 1 is 1.05 bits per heavy atom. The lowest BCUT2D eigenvalue weighted by Crippen LogP contribution is -2.08. The van der Waals surface area contributed by atoms with E-state index in [1.54, 1.807) is 0 Å². The van der Waals surface area contributed by atoms with Gasteiger partial charge in [-0.05, 0) is 43.9 Å². The Hall–Kier alpha value is -1.81. The maximum atomic E-state index is 6.03. The molecule has 2 N–H and O–H groups in total. The number of nitrogens with zero attached hydrogens (tertiary/aromatic N) is 2. The van der Waals surface area contributed by atoms with Crippen LogP contribution in [0.1, 0.15) is 37.3 Å². The first-order chi connectivity index (χ1) is 10.3. The summed E-state index contributed by atoms with van der Waals surface area (Å²) in [6.07, 6.45) is 4.90. The third kappa shape index (κ3) is 3.27. The van der Waals surface area contributed by atoms with Crippen molar-refractivity contribution in [1.82, 2.24) is 9.97 Å². The molecule has 2 aromatic rings. The average molecular weight is 301 g/mol. The van der Waals surface area contributed by atoms with Crippen LogP contribution >= 0.6 is 11.6 Å². The lowest BCUT2D eigenvalue weighted by molar-refractivity contribution is 0.968. The zero-order valence-electron chi connectivity index (χ0n) is 11.6. The van der Waals surface area contributed by atoms with Crippen molar-refractivity contribution >= 4 is 29.1 Å². The van der Waals surface area contributed by atoms with Gasteiger partial charge in [0.05, 0.1) is 5.69 Å². The molecule has 1 aromatic heterocycles. The van der Waals surface area contributed by atoms with Gasteiger partial charge in [-0.3, -0.25) is 0 Å². The van der Waals surface area contributed by atoms with Gasteiger partial charge in [-0.25, -0.2) is 4.98 Å². The highest BCUT2D eigenvalue weighted by Gasteiger charge is 2.27. The second kappa shape index (κ2) is 5.19. The Morgan fingerprint density at radius 2 is 1.90 bits per heavy atom. The lowest BCUT2D eigenvalue weighted by Gasteiger charge is -2.11. The van der Waals surface area contributed by atoms with Gasteiger partial charge in [0.25, 0.3) is 0 Å². The average Bonchev–Trinajstić information content (AvgIpc) is 3.33. The second-order valence-corrected chi connectivity index (χ2v) is 6.27. The molecule has 108 valence electrons. The summed E-state index contributed by atoms with van der Waals surface area (Å²) in [5.74, 6) is 2.18. The number of nitrogens with one attached hydrogen (secondary N) is 2. The third-order valence-electron chi connectivity index (χ3n) is 3.75. The van der Waals surface area contributed by atoms with E-state index in [0.29, 0.717) is 17.0 Å². The first kappa shape index (κ1) is 12.9. The molecule has 0 spiro atoms. The summed E-state index contributed by atoms with van der Waals surface area (Å²) in [6.45, 7) is 0. The quantitative estimate of drug-likeness (QED) is 0.863. The first-order valence-corrected chi connectivity index (χ1v) is 7.82. The van der Waals surface area contributed by atoms with Crippen molar-refractivity contribution in [3.8, 4) is 0 Å². The summed E-state index contributed by atoms with van der Waals surface area (Å²) >= 11 is 6.03. The summed E-state index contributed by atoms with van der Waals surface area (Å²) in [5, 5.41) is 7.43. The topological polar surface area (TPSA) is 49.8 Å². The fourth-order valence-corrected chi connectivity index (χ4v) is 2.50. The maximum Gasteiger partial charge on any atom is 0.225 e. The molecule has 0 radical (unpaired) electrons. The predicted octanol–water partition coefficient (Wildman–Crippen LogP) is 4.33. The Bertz CT molecular complexity index is 665. The molecule has 1 aromatic carbocycles. The van der Waals surface area contributed by atoms with Crippen molar-refractivity contribution in [1.29, 1.82) is 0 Å². The van der Waals surface area contributed by atoms with E-state index in [4.69, 9.17) is 11.6 Å². The van der Waals surface area contributed by atoms with Gasteiger partial charge in [0, 0.05) is 28.7 Å². The summed E-state index contributed by atoms with van der Waals surface area (Å²) in [7, 11) is 0. The molecule has 0 atom stereocenters. The van der Waals surface area contributed by atoms with E-state index in [1.807, 2.05) is 24.3 Å². The van der Waals surface area contributed by atoms with Gasteiger partial charge in [-0.2, -0.15) is 4.98 Å². The van der Waals surface area contributed by atoms with Crippen molar-refractivity contribution in [3.05, 3.63) is 41.0 Å². The minimum atomic E-state index is 0.554. The minimum Gasteiger partial charge on any atom is -0.351 e. The van der Waals surface area contributed by atoms with E-state index in [0.717, 1.165) is 23.1 Å². The number of hydrogen-bond acceptors (Lipinski definition) is 4. The molecule has 2 aliphatic carbocycles. The van der Waals surface area contributed by atoms with Crippen molar-refractivity contribution in [2.24, 2.45) is 0 Å². The fraction of sp³-hybridized carbons (Fsp3) is 0.375. The van der Waals surface area contributed by atoms with Crippen molar-refractivity contribution < 1.29 is 0 Å². The van der Waals surface area contributed by atoms with Gasteiger partial charge in [-0.1, -0.05) is 17.7 Å². The Morgan fingerprint density at radius 3 is 2.62 bits per heavy atom. The van der Waals surface area contributed by atoms with Gasteiger partial charge in [0.2, 0.25) is 5.95 Å². The molecule has 2 saturated carbocycles. The highest BCUT2D eigenvalue weighted by molar-refractivity contribution is 6.30. The number of benzene rings is 1. The summed E-state index contributed by atoms with van der Waals surface area (Å²) < 4.78 is 0. The molecular formula is C16H17ClN4. The van der Waals surface area contributed by atoms with Gasteiger partial charge in [0.15, 0.2) is 0 Å². The van der Waals surface area contributed by atoms with Crippen LogP contribution in [0.5, 0.6) is 0 Å². The molecule has 21 heavy (non-hydrogen) atoms. The predicted molar refractivity (Wildman–Crippen MR) is 85.4 cm³/mol. The molecule has 0 unspecified atom stereocenters. The highest BCUT2D eigenvalue weighted by Crippen LogP contribution is 2.40. The number of halogens is 1. The van der Waals surface area contributed by atoms with Crippen LogP contribution in [0.25, 0.3) is 0 Å². The molecule has 2 fully saturated rings. The van der Waals surface area contributed by atoms with Crippen LogP contribution in [0.4, 0.5) is 17.5 Å². The normalized spacial score (nSPS) is 17.6. The standard InChI is InChI=1S/C16H17ClN4/c17-11-2-1-3-13(8-11)18-15-9-14(10-4-5-10)20-16(21-15)19-12-6-7-12/h1-3,8-10,12H,4-7H2,(H2,18,19,20,21). The van der Waals surface area contributed by atoms with Crippen LogP contribution < -0.4 is 10.6 Å². The van der Waals surface area contributed by atoms with Gasteiger partial charge < -0.3 is 10.6 Å². The molecule has 0 saturated heterocycles. The third-order valence-corrected chi connectivity index (χ3v) is 3.98. The van der Waals surface area contributed by atoms with Crippen LogP contribution in [-0.2, 0) is 0 Å². The number of aromatic nitrogens is 2. The summed E-state index contributed by atoms with van der Waals surface area (Å²) in [5.41, 5.74) is 2.08. The monoisotopic (exact) mass is 300 g/mol. The van der Waals surface area contributed by atoms with Crippen molar-refractivity contribution in [2.75, 3.05) is 10.6 Å². The Labute approximate surface area is 129 Å². The van der Waals surface area contributed by atoms with E-state index in [9.17, 15) is 0 Å². The smallest absolute Gasteiger partial charge is 0.225 e. The zero-order chi connectivity index (χ0) is 14.2. The summed E-state index contributed by atoms with van der Waals surface area (Å²) in [6, 6.07) is 10.3. The van der Waals surface area contributed by atoms with Crippen LogP contribution in [0, 0.1) is 0 Å². The number of hydrogen-bond donors (Lipinski definition) is 2. The SMILES string of the molecule is Clc1cccc(Nc2cc(C3CC3)nc(NC3CC3)n2)c1. The van der Waals surface area contributed by atoms with Gasteiger partial charge >= 0.3 is 0 Å². The molecule has 2 aliphatic rings. The van der Waals surface area contributed by atoms with E-state index >= 15 is 0 Å². The number of rotatable bonds is 5. The zero-order valence-corrected chi connectivity index (χ0v) is 12.4. The first-order valence-electron chi connectivity index (χ1n) is 7.44. The molecular weight excluding hydrogens is 284 g/mol. The van der Waals surface area contributed by atoms with Crippen LogP contribution in [0.2, 0.25) is 5.02 Å². The Balaban J connectivity index is 1.61. The highest BCUT2D eigenvalue weighted by atomic mass is 35.5. The minimum absolute atomic E-state index is 0.554. The van der Waals surface area contributed by atoms with E-state index < -0.39 is 0 Å². The molecule has 4 rings (SSSR count). The van der Waals surface area contributed by atoms with E-state index in [2.05, 4.69) is 26.7 Å². The number of anilines is 3. The van der Waals surface area contributed by atoms with Crippen molar-refractivity contribution in [2.45, 2.75) is 37.6 Å². The Kier molecular flexibility index (Phi) is 3.19. The lowest BCUT2D eigenvalue weighted by atomic mass is 10.2. The molecule has 1 heterocycles. The van der Waals surface area contributed by atoms with Crippen molar-refractivity contribution in [3.63, 3.8) is 0 Å². The molecule has 0 aliphatic heterocycles. The molecule has 0 bridgehead atoms. The van der Waals surface area contributed by atoms with E-state index in [-0.39, 0.29) is 0 Å². The van der Waals surface area contributed by atoms with E-state index in [1.165, 1.54) is 25.7 Å². The maximum absolute atomic E-state index is 6.03. The van der Waals surface area contributed by atoms with Crippen LogP contribution in [0.15, 0.2) is 30.3 Å². The second-order valence-electron chi connectivity index (χ2n) is 5.83. The molecule has 0 amide bonds. The van der Waals surface area contributed by atoms with Crippen LogP contribution in [0.3, 0.4) is 0 Å². The van der Waals surface area contributed by atoms with Gasteiger partial charge in [0.1, 0.15) is 5.82 Å². The van der Waals surface area contributed by atoms with Crippen LogP contribution in [-0.4, -0.2) is 16.0 Å². The fourth-order valence-electron chi connectivity index (χ4n) is 2.31. The molecule has 5 heteroatoms. The largest absolute Gasteiger partial charge is 0.351 e. The summed E-state index contributed by atoms with van der Waals surface area (Å²) in [4.78, 5) is 9.22.